The van der Waals surface area contributed by atoms with Crippen LogP contribution in [0.5, 0.6) is 5.75 Å². The number of benzene rings is 1. The van der Waals surface area contributed by atoms with Crippen molar-refractivity contribution in [1.29, 1.82) is 0 Å². The smallest absolute Gasteiger partial charge is 0.142 e. The molecule has 2 rings (SSSR count). The molecule has 1 unspecified atom stereocenters. The molecule has 4 N–H and O–H groups in total. The van der Waals surface area contributed by atoms with Gasteiger partial charge in [-0.1, -0.05) is 6.07 Å². The van der Waals surface area contributed by atoms with Crippen LogP contribution >= 0.6 is 0 Å². The van der Waals surface area contributed by atoms with Crippen molar-refractivity contribution in [2.45, 2.75) is 18.9 Å². The van der Waals surface area contributed by atoms with E-state index in [-0.39, 0.29) is 0 Å². The molecule has 0 bridgehead atoms. The number of aliphatic hydroxyl groups is 1. The highest BCUT2D eigenvalue weighted by Gasteiger charge is 2.13. The molecule has 1 aliphatic rings. The minimum absolute atomic E-state index is 0.433. The van der Waals surface area contributed by atoms with Crippen LogP contribution in [0.4, 0.5) is 5.69 Å². The Bertz CT molecular complexity index is 355. The van der Waals surface area contributed by atoms with Crippen LogP contribution in [-0.2, 0) is 0 Å². The molecule has 0 saturated heterocycles. The third-order valence-electron chi connectivity index (χ3n) is 2.75. The van der Waals surface area contributed by atoms with Gasteiger partial charge < -0.3 is 20.9 Å². The number of hydrogen-bond donors (Lipinski definition) is 3. The minimum atomic E-state index is -0.433. The molecule has 1 heterocycles. The fourth-order valence-corrected chi connectivity index (χ4v) is 1.84. The molecule has 16 heavy (non-hydrogen) atoms. The summed E-state index contributed by atoms with van der Waals surface area (Å²) in [7, 11) is 0. The van der Waals surface area contributed by atoms with Gasteiger partial charge in [0.05, 0.1) is 11.8 Å². The van der Waals surface area contributed by atoms with Crippen LogP contribution in [0.25, 0.3) is 0 Å². The fourth-order valence-electron chi connectivity index (χ4n) is 1.84. The van der Waals surface area contributed by atoms with Gasteiger partial charge in [-0.15, -0.1) is 0 Å². The summed E-state index contributed by atoms with van der Waals surface area (Å²) in [6.45, 7) is 2.13. The molecular formula is C12H18N2O2. The Morgan fingerprint density at radius 1 is 1.50 bits per heavy atom. The first-order chi connectivity index (χ1) is 7.81. The van der Waals surface area contributed by atoms with Gasteiger partial charge in [-0.2, -0.15) is 0 Å². The summed E-state index contributed by atoms with van der Waals surface area (Å²) >= 11 is 0. The molecule has 88 valence electrons. The van der Waals surface area contributed by atoms with Crippen molar-refractivity contribution in [3.63, 3.8) is 0 Å². The number of ether oxygens (including phenoxy) is 1. The first kappa shape index (κ1) is 11.2. The molecule has 0 aliphatic carbocycles. The van der Waals surface area contributed by atoms with E-state index in [0.717, 1.165) is 30.0 Å². The summed E-state index contributed by atoms with van der Waals surface area (Å²) in [4.78, 5) is 0. The van der Waals surface area contributed by atoms with Crippen LogP contribution in [0.1, 0.15) is 24.5 Å². The van der Waals surface area contributed by atoms with Gasteiger partial charge in [-0.25, -0.2) is 0 Å². The molecule has 0 spiro atoms. The Kier molecular flexibility index (Phi) is 3.64. The molecule has 1 atom stereocenters. The van der Waals surface area contributed by atoms with Gasteiger partial charge in [-0.3, -0.25) is 0 Å². The third-order valence-corrected chi connectivity index (χ3v) is 2.75. The van der Waals surface area contributed by atoms with Gasteiger partial charge in [0.2, 0.25) is 0 Å². The molecule has 4 nitrogen and oxygen atoms in total. The van der Waals surface area contributed by atoms with Crippen LogP contribution in [0, 0.1) is 0 Å². The Morgan fingerprint density at radius 2 is 2.38 bits per heavy atom. The predicted molar refractivity (Wildman–Crippen MR) is 63.7 cm³/mol. The fraction of sp³-hybridized carbons (Fsp3) is 0.500. The van der Waals surface area contributed by atoms with E-state index >= 15 is 0 Å². The first-order valence-electron chi connectivity index (χ1n) is 5.70. The summed E-state index contributed by atoms with van der Waals surface area (Å²) in [6, 6.07) is 5.77. The van der Waals surface area contributed by atoms with Gasteiger partial charge in [0.25, 0.3) is 0 Å². The monoisotopic (exact) mass is 222 g/mol. The largest absolute Gasteiger partial charge is 0.490 e. The Morgan fingerprint density at radius 3 is 3.19 bits per heavy atom. The van der Waals surface area contributed by atoms with E-state index in [1.165, 1.54) is 0 Å². The van der Waals surface area contributed by atoms with Gasteiger partial charge >= 0.3 is 0 Å². The lowest BCUT2D eigenvalue weighted by atomic mass is 10.0. The van der Waals surface area contributed by atoms with Crippen molar-refractivity contribution >= 4 is 5.69 Å². The number of nitrogens with two attached hydrogens (primary N) is 1. The van der Waals surface area contributed by atoms with Gasteiger partial charge in [-0.05, 0) is 37.1 Å². The number of fused-ring (bicyclic) bond motifs is 1. The number of nitrogens with one attached hydrogen (secondary N) is 1. The highest BCUT2D eigenvalue weighted by atomic mass is 16.5. The van der Waals surface area contributed by atoms with Crippen molar-refractivity contribution < 1.29 is 9.84 Å². The normalized spacial score (nSPS) is 15.9. The zero-order chi connectivity index (χ0) is 11.4. The van der Waals surface area contributed by atoms with Crippen molar-refractivity contribution in [2.24, 2.45) is 5.73 Å². The Balaban J connectivity index is 2.10. The maximum absolute atomic E-state index is 9.93. The standard InChI is InChI=1S/C12H18N2O2/c13-5-1-2-11(15)9-3-4-12-10(8-9)14-6-7-16-12/h3-4,8,11,14-15H,1-2,5-7,13H2. The molecule has 1 aliphatic heterocycles. The topological polar surface area (TPSA) is 67.5 Å². The molecular weight excluding hydrogens is 204 g/mol. The van der Waals surface area contributed by atoms with Crippen LogP contribution in [-0.4, -0.2) is 24.8 Å². The van der Waals surface area contributed by atoms with E-state index in [0.29, 0.717) is 19.6 Å². The molecule has 4 heteroatoms. The average Bonchev–Trinajstić information content (AvgIpc) is 2.35. The van der Waals surface area contributed by atoms with Crippen LogP contribution in [0.2, 0.25) is 0 Å². The number of anilines is 1. The quantitative estimate of drug-likeness (QED) is 0.717. The van der Waals surface area contributed by atoms with Gasteiger partial charge in [0, 0.05) is 6.54 Å². The first-order valence-corrected chi connectivity index (χ1v) is 5.70. The van der Waals surface area contributed by atoms with Crippen molar-refractivity contribution in [3.05, 3.63) is 23.8 Å². The molecule has 0 saturated carbocycles. The van der Waals surface area contributed by atoms with E-state index < -0.39 is 6.10 Å². The molecule has 1 aromatic rings. The summed E-state index contributed by atoms with van der Waals surface area (Å²) < 4.78 is 5.48. The number of aliphatic hydroxyl groups excluding tert-OH is 1. The molecule has 0 amide bonds. The van der Waals surface area contributed by atoms with E-state index in [1.807, 2.05) is 18.2 Å². The van der Waals surface area contributed by atoms with Gasteiger partial charge in [0.1, 0.15) is 12.4 Å². The maximum Gasteiger partial charge on any atom is 0.142 e. The lowest BCUT2D eigenvalue weighted by molar-refractivity contribution is 0.165. The van der Waals surface area contributed by atoms with Crippen molar-refractivity contribution in [1.82, 2.24) is 0 Å². The van der Waals surface area contributed by atoms with Crippen LogP contribution in [0.3, 0.4) is 0 Å². The van der Waals surface area contributed by atoms with Crippen LogP contribution in [0.15, 0.2) is 18.2 Å². The summed E-state index contributed by atoms with van der Waals surface area (Å²) in [5.74, 6) is 0.862. The maximum atomic E-state index is 9.93. The highest BCUT2D eigenvalue weighted by molar-refractivity contribution is 5.59. The highest BCUT2D eigenvalue weighted by Crippen LogP contribution is 2.31. The molecule has 0 aromatic heterocycles. The minimum Gasteiger partial charge on any atom is -0.490 e. The summed E-state index contributed by atoms with van der Waals surface area (Å²) in [6.07, 6.45) is 1.11. The van der Waals surface area contributed by atoms with Gasteiger partial charge in [0.15, 0.2) is 0 Å². The second-order valence-corrected chi connectivity index (χ2v) is 3.98. The third kappa shape index (κ3) is 2.46. The molecule has 1 aromatic carbocycles. The number of hydrogen-bond acceptors (Lipinski definition) is 4. The Labute approximate surface area is 95.4 Å². The van der Waals surface area contributed by atoms with Crippen molar-refractivity contribution in [2.75, 3.05) is 25.0 Å². The Hall–Kier alpha value is -1.26. The zero-order valence-electron chi connectivity index (χ0n) is 9.28. The SMILES string of the molecule is NCCCC(O)c1ccc2c(c1)NCCO2. The second-order valence-electron chi connectivity index (χ2n) is 3.98. The molecule has 0 fully saturated rings. The number of rotatable bonds is 4. The summed E-state index contributed by atoms with van der Waals surface area (Å²) in [5.41, 5.74) is 7.31. The second kappa shape index (κ2) is 5.18. The van der Waals surface area contributed by atoms with Crippen molar-refractivity contribution in [3.8, 4) is 5.75 Å². The zero-order valence-corrected chi connectivity index (χ0v) is 9.28. The van der Waals surface area contributed by atoms with E-state index in [4.69, 9.17) is 10.5 Å². The lowest BCUT2D eigenvalue weighted by Gasteiger charge is -2.21. The van der Waals surface area contributed by atoms with E-state index in [1.54, 1.807) is 0 Å². The van der Waals surface area contributed by atoms with Crippen LogP contribution < -0.4 is 15.8 Å². The predicted octanol–water partition coefficient (Wildman–Crippen LogP) is 1.26. The lowest BCUT2D eigenvalue weighted by Crippen LogP contribution is -2.18. The molecule has 0 radical (unpaired) electrons. The summed E-state index contributed by atoms with van der Waals surface area (Å²) in [5, 5.41) is 13.2. The average molecular weight is 222 g/mol. The van der Waals surface area contributed by atoms with E-state index in [9.17, 15) is 5.11 Å². The van der Waals surface area contributed by atoms with E-state index in [2.05, 4.69) is 5.32 Å².